The third-order valence-electron chi connectivity index (χ3n) is 5.70. The molecule has 1 fully saturated rings. The summed E-state index contributed by atoms with van der Waals surface area (Å²) in [4.78, 5) is 23.1. The van der Waals surface area contributed by atoms with Gasteiger partial charge in [-0.05, 0) is 66.4 Å². The molecule has 0 unspecified atom stereocenters. The molecule has 4 heterocycles. The molecule has 0 spiro atoms. The third-order valence-corrected chi connectivity index (χ3v) is 7.80. The van der Waals surface area contributed by atoms with E-state index in [1.807, 2.05) is 22.7 Å². The summed E-state index contributed by atoms with van der Waals surface area (Å²) in [7, 11) is 0. The highest BCUT2D eigenvalue weighted by Gasteiger charge is 2.22. The monoisotopic (exact) mass is 453 g/mol. The smallest absolute Gasteiger partial charge is 0.339 e. The molecule has 3 aromatic heterocycles. The van der Waals surface area contributed by atoms with Gasteiger partial charge in [-0.1, -0.05) is 6.08 Å². The molecule has 5 nitrogen and oxygen atoms in total. The number of aromatic nitrogens is 1. The Morgan fingerprint density at radius 2 is 1.71 bits per heavy atom. The first-order valence-electron chi connectivity index (χ1n) is 10.5. The number of carboxylic acids is 1. The van der Waals surface area contributed by atoms with E-state index in [9.17, 15) is 9.90 Å². The van der Waals surface area contributed by atoms with Crippen LogP contribution < -0.4 is 4.90 Å². The van der Waals surface area contributed by atoms with Crippen molar-refractivity contribution in [2.75, 3.05) is 37.6 Å². The first-order chi connectivity index (χ1) is 15.0. The molecule has 7 heteroatoms. The Kier molecular flexibility index (Phi) is 6.85. The first kappa shape index (κ1) is 21.7. The van der Waals surface area contributed by atoms with Crippen LogP contribution in [0.4, 0.5) is 5.82 Å². The van der Waals surface area contributed by atoms with Gasteiger partial charge < -0.3 is 10.0 Å². The second-order valence-corrected chi connectivity index (χ2v) is 9.61. The van der Waals surface area contributed by atoms with E-state index < -0.39 is 5.97 Å². The van der Waals surface area contributed by atoms with Crippen LogP contribution in [0, 0.1) is 13.8 Å². The van der Waals surface area contributed by atoms with Gasteiger partial charge in [-0.25, -0.2) is 9.78 Å². The van der Waals surface area contributed by atoms with Crippen molar-refractivity contribution in [2.45, 2.75) is 20.3 Å². The molecule has 0 amide bonds. The molecule has 4 rings (SSSR count). The lowest BCUT2D eigenvalue weighted by atomic mass is 10.1. The van der Waals surface area contributed by atoms with Gasteiger partial charge in [0.15, 0.2) is 0 Å². The number of anilines is 1. The number of carbonyl (C=O) groups is 1. The summed E-state index contributed by atoms with van der Waals surface area (Å²) in [5, 5.41) is 13.8. The lowest BCUT2D eigenvalue weighted by Crippen LogP contribution is -2.47. The molecule has 1 N–H and O–H groups in total. The number of piperazine rings is 1. The molecule has 1 aliphatic heterocycles. The normalized spacial score (nSPS) is 14.6. The number of rotatable bonds is 7. The van der Waals surface area contributed by atoms with Gasteiger partial charge in [0.2, 0.25) is 0 Å². The average molecular weight is 454 g/mol. The highest BCUT2D eigenvalue weighted by atomic mass is 32.1. The maximum atomic E-state index is 11.5. The van der Waals surface area contributed by atoms with E-state index in [2.05, 4.69) is 57.6 Å². The second kappa shape index (κ2) is 9.77. The Balaban J connectivity index is 1.40. The van der Waals surface area contributed by atoms with E-state index in [-0.39, 0.29) is 5.56 Å². The molecule has 1 saturated heterocycles. The molecule has 1 aliphatic rings. The summed E-state index contributed by atoms with van der Waals surface area (Å²) in [6.07, 6.45) is 5.05. The fourth-order valence-electron chi connectivity index (χ4n) is 3.98. The number of nitrogens with zero attached hydrogens (tertiary/aromatic N) is 3. The summed E-state index contributed by atoms with van der Waals surface area (Å²) in [5.74, 6) is -0.339. The minimum absolute atomic E-state index is 0.279. The van der Waals surface area contributed by atoms with Gasteiger partial charge in [-0.15, -0.1) is 22.7 Å². The summed E-state index contributed by atoms with van der Waals surface area (Å²) in [5.41, 5.74) is 4.31. The van der Waals surface area contributed by atoms with Crippen LogP contribution in [0.1, 0.15) is 37.7 Å². The van der Waals surface area contributed by atoms with Crippen molar-refractivity contribution in [1.82, 2.24) is 9.88 Å². The molecule has 0 saturated carbocycles. The van der Waals surface area contributed by atoms with Crippen LogP contribution in [0.25, 0.3) is 5.57 Å². The zero-order valence-electron chi connectivity index (χ0n) is 17.9. The van der Waals surface area contributed by atoms with Crippen LogP contribution in [0.5, 0.6) is 0 Å². The van der Waals surface area contributed by atoms with Crippen LogP contribution in [-0.2, 0) is 0 Å². The van der Waals surface area contributed by atoms with Gasteiger partial charge in [-0.2, -0.15) is 0 Å². The molecule has 0 aliphatic carbocycles. The Morgan fingerprint density at radius 1 is 1.06 bits per heavy atom. The van der Waals surface area contributed by atoms with E-state index in [1.165, 1.54) is 26.5 Å². The van der Waals surface area contributed by atoms with Crippen molar-refractivity contribution < 1.29 is 9.90 Å². The fraction of sp³-hybridized carbons (Fsp3) is 0.333. The summed E-state index contributed by atoms with van der Waals surface area (Å²) >= 11 is 3.63. The predicted molar refractivity (Wildman–Crippen MR) is 130 cm³/mol. The van der Waals surface area contributed by atoms with Crippen LogP contribution in [0.15, 0.2) is 47.3 Å². The van der Waals surface area contributed by atoms with E-state index in [1.54, 1.807) is 18.3 Å². The van der Waals surface area contributed by atoms with Crippen molar-refractivity contribution in [1.29, 1.82) is 0 Å². The topological polar surface area (TPSA) is 56.7 Å². The number of aryl methyl sites for hydroxylation is 2. The molecule has 31 heavy (non-hydrogen) atoms. The van der Waals surface area contributed by atoms with Gasteiger partial charge >= 0.3 is 5.97 Å². The van der Waals surface area contributed by atoms with Crippen LogP contribution >= 0.6 is 22.7 Å². The van der Waals surface area contributed by atoms with E-state index >= 15 is 0 Å². The Hall–Kier alpha value is -2.48. The molecule has 0 atom stereocenters. The standard InChI is InChI=1S/C24H27N3O2S2/c1-17-7-15-30-21(17)19(22-18(2)8-16-31-22)6-4-10-26-11-13-27(14-12-26)23-20(24(28)29)5-3-9-25-23/h3,5-9,15-16H,4,10-14H2,1-2H3,(H,28,29). The van der Waals surface area contributed by atoms with Crippen LogP contribution in [0.2, 0.25) is 0 Å². The first-order valence-corrected chi connectivity index (χ1v) is 12.2. The zero-order chi connectivity index (χ0) is 21.8. The van der Waals surface area contributed by atoms with Crippen LogP contribution in [0.3, 0.4) is 0 Å². The Morgan fingerprint density at radius 3 is 2.26 bits per heavy atom. The van der Waals surface area contributed by atoms with Crippen LogP contribution in [-0.4, -0.2) is 53.7 Å². The molecular formula is C24H27N3O2S2. The van der Waals surface area contributed by atoms with Crippen molar-refractivity contribution in [3.8, 4) is 0 Å². The lowest BCUT2D eigenvalue weighted by molar-refractivity contribution is 0.0697. The molecule has 0 aromatic carbocycles. The van der Waals surface area contributed by atoms with E-state index in [4.69, 9.17) is 0 Å². The largest absolute Gasteiger partial charge is 0.478 e. The summed E-state index contributed by atoms with van der Waals surface area (Å²) < 4.78 is 0. The number of pyridine rings is 1. The van der Waals surface area contributed by atoms with Gasteiger partial charge in [0.05, 0.1) is 0 Å². The third kappa shape index (κ3) is 4.89. The number of aromatic carboxylic acids is 1. The quantitative estimate of drug-likeness (QED) is 0.535. The SMILES string of the molecule is Cc1ccsc1C(=CCCN1CCN(c2ncccc2C(=O)O)CC1)c1sccc1C. The minimum atomic E-state index is -0.920. The maximum absolute atomic E-state index is 11.5. The van der Waals surface area contributed by atoms with Crippen molar-refractivity contribution >= 4 is 40.0 Å². The molecular weight excluding hydrogens is 426 g/mol. The summed E-state index contributed by atoms with van der Waals surface area (Å²) in [6, 6.07) is 7.69. The molecule has 0 radical (unpaired) electrons. The average Bonchev–Trinajstić information content (AvgIpc) is 3.40. The highest BCUT2D eigenvalue weighted by molar-refractivity contribution is 7.14. The molecule has 162 valence electrons. The van der Waals surface area contributed by atoms with Gasteiger partial charge in [0, 0.05) is 54.2 Å². The second-order valence-electron chi connectivity index (χ2n) is 7.78. The molecule has 3 aromatic rings. The highest BCUT2D eigenvalue weighted by Crippen LogP contribution is 2.35. The van der Waals surface area contributed by atoms with E-state index in [0.29, 0.717) is 5.82 Å². The lowest BCUT2D eigenvalue weighted by Gasteiger charge is -2.35. The summed E-state index contributed by atoms with van der Waals surface area (Å²) in [6.45, 7) is 8.78. The van der Waals surface area contributed by atoms with Gasteiger partial charge in [0.1, 0.15) is 11.4 Å². The minimum Gasteiger partial charge on any atom is -0.478 e. The molecule has 0 bridgehead atoms. The Bertz CT molecular complexity index is 1040. The van der Waals surface area contributed by atoms with Crippen molar-refractivity contribution in [3.63, 3.8) is 0 Å². The Labute approximate surface area is 191 Å². The zero-order valence-corrected chi connectivity index (χ0v) is 19.5. The fourth-order valence-corrected chi connectivity index (χ4v) is 5.99. The number of hydrogen-bond acceptors (Lipinski definition) is 6. The van der Waals surface area contributed by atoms with Gasteiger partial charge in [-0.3, -0.25) is 4.90 Å². The predicted octanol–water partition coefficient (Wildman–Crippen LogP) is 5.16. The number of carboxylic acid groups (broad SMARTS) is 1. The van der Waals surface area contributed by atoms with E-state index in [0.717, 1.165) is 39.1 Å². The maximum Gasteiger partial charge on any atom is 0.339 e. The number of hydrogen-bond donors (Lipinski definition) is 1. The van der Waals surface area contributed by atoms with Gasteiger partial charge in [0.25, 0.3) is 0 Å². The van der Waals surface area contributed by atoms with Crippen molar-refractivity contribution in [3.05, 3.63) is 73.7 Å². The number of thiophene rings is 2. The van der Waals surface area contributed by atoms with Crippen molar-refractivity contribution in [2.24, 2.45) is 0 Å².